The van der Waals surface area contributed by atoms with E-state index in [0.717, 1.165) is 6.54 Å². The first-order chi connectivity index (χ1) is 6.62. The van der Waals surface area contributed by atoms with Gasteiger partial charge in [-0.1, -0.05) is 0 Å². The van der Waals surface area contributed by atoms with E-state index < -0.39 is 5.79 Å². The minimum atomic E-state index is -0.492. The highest BCUT2D eigenvalue weighted by atomic mass is 16.7. The van der Waals surface area contributed by atoms with Crippen molar-refractivity contribution in [3.63, 3.8) is 0 Å². The van der Waals surface area contributed by atoms with Crippen LogP contribution in [0.2, 0.25) is 0 Å². The zero-order valence-electron chi connectivity index (χ0n) is 11.3. The molecule has 92 valence electrons. The molecule has 1 N–H and O–H groups in total. The summed E-state index contributed by atoms with van der Waals surface area (Å²) in [6.45, 7) is 15.9. The summed E-state index contributed by atoms with van der Waals surface area (Å²) in [6, 6.07) is 0. The number of ether oxygens (including phenoxy) is 2. The van der Waals surface area contributed by atoms with E-state index in [0.29, 0.717) is 6.61 Å². The van der Waals surface area contributed by atoms with Gasteiger partial charge in [-0.25, -0.2) is 0 Å². The first kappa shape index (κ1) is 14.9. The quantitative estimate of drug-likeness (QED) is 0.548. The number of nitrogens with one attached hydrogen (secondary N) is 1. The highest BCUT2D eigenvalue weighted by Crippen LogP contribution is 2.13. The van der Waals surface area contributed by atoms with Gasteiger partial charge >= 0.3 is 0 Å². The lowest BCUT2D eigenvalue weighted by Gasteiger charge is -2.29. The van der Waals surface area contributed by atoms with Gasteiger partial charge in [-0.3, -0.25) is 0 Å². The van der Waals surface area contributed by atoms with Crippen LogP contribution in [0, 0.1) is 0 Å². The molecule has 0 aliphatic carbocycles. The third-order valence-corrected chi connectivity index (χ3v) is 1.73. The summed E-state index contributed by atoms with van der Waals surface area (Å²) in [5, 5.41) is 3.37. The van der Waals surface area contributed by atoms with Crippen LogP contribution in [0.25, 0.3) is 0 Å². The molecule has 3 nitrogen and oxygen atoms in total. The fourth-order valence-electron chi connectivity index (χ4n) is 1.32. The Morgan fingerprint density at radius 3 is 2.00 bits per heavy atom. The van der Waals surface area contributed by atoms with Crippen LogP contribution in [0.3, 0.4) is 0 Å². The molecule has 0 saturated heterocycles. The molecule has 0 unspecified atom stereocenters. The van der Waals surface area contributed by atoms with Gasteiger partial charge in [0.2, 0.25) is 0 Å². The Morgan fingerprint density at radius 2 is 1.60 bits per heavy atom. The summed E-state index contributed by atoms with van der Waals surface area (Å²) >= 11 is 0. The molecule has 0 radical (unpaired) electrons. The van der Waals surface area contributed by atoms with Crippen molar-refractivity contribution in [3.05, 3.63) is 0 Å². The van der Waals surface area contributed by atoms with Gasteiger partial charge < -0.3 is 14.8 Å². The second-order valence-corrected chi connectivity index (χ2v) is 5.59. The molecule has 3 heteroatoms. The molecule has 0 rings (SSSR count). The third-order valence-electron chi connectivity index (χ3n) is 1.73. The minimum absolute atomic E-state index is 0.145. The Kier molecular flexibility index (Phi) is 5.78. The Bertz CT molecular complexity index is 171. The van der Waals surface area contributed by atoms with Gasteiger partial charge in [-0.05, 0) is 48.5 Å². The first-order valence-corrected chi connectivity index (χ1v) is 5.69. The molecule has 0 aromatic heterocycles. The second-order valence-electron chi connectivity index (χ2n) is 5.59. The summed E-state index contributed by atoms with van der Waals surface area (Å²) in [7, 11) is 0. The molecule has 0 aliphatic heterocycles. The van der Waals surface area contributed by atoms with Gasteiger partial charge in [-0.15, -0.1) is 0 Å². The van der Waals surface area contributed by atoms with Crippen LogP contribution >= 0.6 is 0 Å². The van der Waals surface area contributed by atoms with Crippen molar-refractivity contribution in [2.45, 2.75) is 65.9 Å². The van der Waals surface area contributed by atoms with Gasteiger partial charge in [0.15, 0.2) is 5.79 Å². The average Bonchev–Trinajstić information content (AvgIpc) is 1.93. The van der Waals surface area contributed by atoms with Gasteiger partial charge in [0.25, 0.3) is 0 Å². The van der Waals surface area contributed by atoms with E-state index in [9.17, 15) is 0 Å². The molecule has 0 saturated carbocycles. The molecular weight excluding hydrogens is 190 g/mol. The fraction of sp³-hybridized carbons (Fsp3) is 1.00. The van der Waals surface area contributed by atoms with Gasteiger partial charge in [0.05, 0.1) is 12.7 Å². The summed E-state index contributed by atoms with van der Waals surface area (Å²) < 4.78 is 11.3. The number of rotatable bonds is 6. The molecule has 0 heterocycles. The van der Waals surface area contributed by atoms with Gasteiger partial charge in [-0.2, -0.15) is 0 Å². The lowest BCUT2D eigenvalue weighted by molar-refractivity contribution is -0.229. The maximum atomic E-state index is 5.65. The van der Waals surface area contributed by atoms with E-state index in [1.807, 2.05) is 27.7 Å². The minimum Gasteiger partial charge on any atom is -0.349 e. The zero-order chi connectivity index (χ0) is 12.1. The van der Waals surface area contributed by atoms with E-state index in [4.69, 9.17) is 9.47 Å². The van der Waals surface area contributed by atoms with E-state index in [1.165, 1.54) is 0 Å². The standard InChI is InChI=1S/C12H27NO2/c1-10(2)15-12(6,7)14-9-8-13-11(3,4)5/h10,13H,8-9H2,1-7H3. The van der Waals surface area contributed by atoms with Crippen LogP contribution in [-0.4, -0.2) is 30.6 Å². The van der Waals surface area contributed by atoms with Crippen molar-refractivity contribution in [2.24, 2.45) is 0 Å². The van der Waals surface area contributed by atoms with Crippen LogP contribution in [0.4, 0.5) is 0 Å². The van der Waals surface area contributed by atoms with Crippen molar-refractivity contribution >= 4 is 0 Å². The number of hydrogen-bond donors (Lipinski definition) is 1. The lowest BCUT2D eigenvalue weighted by Crippen LogP contribution is -2.40. The second kappa shape index (κ2) is 5.83. The number of hydrogen-bond acceptors (Lipinski definition) is 3. The van der Waals surface area contributed by atoms with Crippen molar-refractivity contribution in [3.8, 4) is 0 Å². The smallest absolute Gasteiger partial charge is 0.163 e. The predicted molar refractivity (Wildman–Crippen MR) is 64.0 cm³/mol. The van der Waals surface area contributed by atoms with E-state index in [1.54, 1.807) is 0 Å². The monoisotopic (exact) mass is 217 g/mol. The van der Waals surface area contributed by atoms with Crippen molar-refractivity contribution in [2.75, 3.05) is 13.2 Å². The summed E-state index contributed by atoms with van der Waals surface area (Å²) in [5.74, 6) is -0.492. The Hall–Kier alpha value is -0.120. The van der Waals surface area contributed by atoms with Crippen LogP contribution < -0.4 is 5.32 Å². The van der Waals surface area contributed by atoms with E-state index >= 15 is 0 Å². The van der Waals surface area contributed by atoms with Crippen LogP contribution in [-0.2, 0) is 9.47 Å². The molecule has 0 aliphatic rings. The summed E-state index contributed by atoms with van der Waals surface area (Å²) in [4.78, 5) is 0. The van der Waals surface area contributed by atoms with Crippen LogP contribution in [0.5, 0.6) is 0 Å². The Labute approximate surface area is 94.5 Å². The molecule has 0 amide bonds. The predicted octanol–water partition coefficient (Wildman–Crippen LogP) is 2.55. The molecule has 0 aromatic carbocycles. The SMILES string of the molecule is CC(C)OC(C)(C)OCCNC(C)(C)C. The average molecular weight is 217 g/mol. The first-order valence-electron chi connectivity index (χ1n) is 5.69. The van der Waals surface area contributed by atoms with Gasteiger partial charge in [0.1, 0.15) is 0 Å². The largest absolute Gasteiger partial charge is 0.349 e. The van der Waals surface area contributed by atoms with E-state index in [2.05, 4.69) is 26.1 Å². The molecular formula is C12H27NO2. The maximum absolute atomic E-state index is 5.65. The van der Waals surface area contributed by atoms with E-state index in [-0.39, 0.29) is 11.6 Å². The third kappa shape index (κ3) is 10.2. The topological polar surface area (TPSA) is 30.5 Å². The highest BCUT2D eigenvalue weighted by molar-refractivity contribution is 4.69. The van der Waals surface area contributed by atoms with Gasteiger partial charge in [0, 0.05) is 12.1 Å². The zero-order valence-corrected chi connectivity index (χ0v) is 11.3. The fourth-order valence-corrected chi connectivity index (χ4v) is 1.32. The summed E-state index contributed by atoms with van der Waals surface area (Å²) in [6.07, 6.45) is 0.190. The van der Waals surface area contributed by atoms with Crippen molar-refractivity contribution in [1.29, 1.82) is 0 Å². The summed E-state index contributed by atoms with van der Waals surface area (Å²) in [5.41, 5.74) is 0.145. The molecule has 0 bridgehead atoms. The molecule has 0 aromatic rings. The molecule has 15 heavy (non-hydrogen) atoms. The molecule has 0 fully saturated rings. The highest BCUT2D eigenvalue weighted by Gasteiger charge is 2.20. The lowest BCUT2D eigenvalue weighted by atomic mass is 10.1. The maximum Gasteiger partial charge on any atom is 0.163 e. The normalized spacial score (nSPS) is 13.6. The molecule has 0 spiro atoms. The Balaban J connectivity index is 3.66. The van der Waals surface area contributed by atoms with Crippen molar-refractivity contribution in [1.82, 2.24) is 5.32 Å². The van der Waals surface area contributed by atoms with Crippen molar-refractivity contribution < 1.29 is 9.47 Å². The molecule has 0 atom stereocenters. The van der Waals surface area contributed by atoms with Crippen LogP contribution in [0.1, 0.15) is 48.5 Å². The van der Waals surface area contributed by atoms with Crippen LogP contribution in [0.15, 0.2) is 0 Å². The Morgan fingerprint density at radius 1 is 1.07 bits per heavy atom.